The molecule has 98 valence electrons. The molecule has 0 aromatic carbocycles. The van der Waals surface area contributed by atoms with Gasteiger partial charge in [0.15, 0.2) is 0 Å². The van der Waals surface area contributed by atoms with E-state index in [2.05, 4.69) is 10.3 Å². The summed E-state index contributed by atoms with van der Waals surface area (Å²) in [6.07, 6.45) is 1.26. The molecule has 0 bridgehead atoms. The van der Waals surface area contributed by atoms with Crippen molar-refractivity contribution >= 4 is 23.3 Å². The van der Waals surface area contributed by atoms with Crippen molar-refractivity contribution in [3.8, 4) is 0 Å². The zero-order valence-electron chi connectivity index (χ0n) is 10.0. The summed E-state index contributed by atoms with van der Waals surface area (Å²) < 4.78 is 0. The van der Waals surface area contributed by atoms with Gasteiger partial charge in [-0.15, -0.1) is 11.3 Å². The summed E-state index contributed by atoms with van der Waals surface area (Å²) in [7, 11) is 0. The molecule has 18 heavy (non-hydrogen) atoms. The molecule has 1 aromatic heterocycles. The van der Waals surface area contributed by atoms with Crippen LogP contribution in [-0.4, -0.2) is 39.6 Å². The standard InChI is InChI=1S/C11H15N3O3S/c1-7-13-8(6-18-7)5-12-11(17)14-4-2-3-9(14)10(15)16/h6,9H,2-5H2,1H3,(H,12,17)(H,15,16)/t9-/m1/s1. The van der Waals surface area contributed by atoms with Crippen LogP contribution in [0.25, 0.3) is 0 Å². The number of aryl methyl sites for hydroxylation is 1. The van der Waals surface area contributed by atoms with Gasteiger partial charge in [0.25, 0.3) is 0 Å². The van der Waals surface area contributed by atoms with Crippen LogP contribution in [0.3, 0.4) is 0 Å². The fourth-order valence-corrected chi connectivity index (χ4v) is 2.64. The van der Waals surface area contributed by atoms with Crippen molar-refractivity contribution in [2.45, 2.75) is 32.4 Å². The molecule has 0 aliphatic carbocycles. The minimum atomic E-state index is -0.938. The highest BCUT2D eigenvalue weighted by atomic mass is 32.1. The van der Waals surface area contributed by atoms with E-state index >= 15 is 0 Å². The average Bonchev–Trinajstić information content (AvgIpc) is 2.94. The summed E-state index contributed by atoms with van der Waals surface area (Å²) >= 11 is 1.52. The first-order chi connectivity index (χ1) is 8.58. The number of thiazole rings is 1. The molecule has 1 saturated heterocycles. The normalized spacial score (nSPS) is 18.9. The van der Waals surface area contributed by atoms with Crippen molar-refractivity contribution in [1.29, 1.82) is 0 Å². The molecule has 1 aliphatic heterocycles. The van der Waals surface area contributed by atoms with Crippen LogP contribution in [-0.2, 0) is 11.3 Å². The van der Waals surface area contributed by atoms with E-state index in [0.29, 0.717) is 19.5 Å². The number of likely N-dealkylation sites (tertiary alicyclic amines) is 1. The van der Waals surface area contributed by atoms with Gasteiger partial charge in [0, 0.05) is 11.9 Å². The summed E-state index contributed by atoms with van der Waals surface area (Å²) in [5, 5.41) is 14.5. The number of carbonyl (C=O) groups excluding carboxylic acids is 1. The largest absolute Gasteiger partial charge is 0.480 e. The van der Waals surface area contributed by atoms with E-state index in [1.165, 1.54) is 16.2 Å². The molecule has 2 amide bonds. The van der Waals surface area contributed by atoms with Gasteiger partial charge in [-0.05, 0) is 19.8 Å². The summed E-state index contributed by atoms with van der Waals surface area (Å²) in [4.78, 5) is 28.4. The lowest BCUT2D eigenvalue weighted by atomic mass is 10.2. The Labute approximate surface area is 109 Å². The predicted molar refractivity (Wildman–Crippen MR) is 66.5 cm³/mol. The molecule has 2 N–H and O–H groups in total. The quantitative estimate of drug-likeness (QED) is 0.864. The number of hydrogen-bond acceptors (Lipinski definition) is 4. The SMILES string of the molecule is Cc1nc(CNC(=O)N2CCC[C@@H]2C(=O)O)cs1. The highest BCUT2D eigenvalue weighted by Gasteiger charge is 2.33. The van der Waals surface area contributed by atoms with E-state index in [1.807, 2.05) is 12.3 Å². The summed E-state index contributed by atoms with van der Waals surface area (Å²) in [6, 6.07) is -1.02. The van der Waals surface area contributed by atoms with Crippen LogP contribution in [0.15, 0.2) is 5.38 Å². The average molecular weight is 269 g/mol. The first kappa shape index (κ1) is 12.8. The van der Waals surface area contributed by atoms with Gasteiger partial charge in [0.05, 0.1) is 17.2 Å². The van der Waals surface area contributed by atoms with Crippen LogP contribution in [0.4, 0.5) is 4.79 Å². The summed E-state index contributed by atoms with van der Waals surface area (Å²) in [6.45, 7) is 2.74. The first-order valence-corrected chi connectivity index (χ1v) is 6.64. The summed E-state index contributed by atoms with van der Waals surface area (Å²) in [5.74, 6) is -0.938. The van der Waals surface area contributed by atoms with Gasteiger partial charge >= 0.3 is 12.0 Å². The molecule has 2 heterocycles. The molecule has 0 radical (unpaired) electrons. The van der Waals surface area contributed by atoms with Crippen LogP contribution in [0.5, 0.6) is 0 Å². The lowest BCUT2D eigenvalue weighted by molar-refractivity contribution is -0.141. The predicted octanol–water partition coefficient (Wildman–Crippen LogP) is 1.21. The van der Waals surface area contributed by atoms with Gasteiger partial charge < -0.3 is 15.3 Å². The van der Waals surface area contributed by atoms with E-state index in [4.69, 9.17) is 5.11 Å². The second-order valence-electron chi connectivity index (χ2n) is 4.21. The van der Waals surface area contributed by atoms with Crippen molar-refractivity contribution in [3.05, 3.63) is 16.1 Å². The molecule has 1 atom stereocenters. The maximum absolute atomic E-state index is 11.9. The highest BCUT2D eigenvalue weighted by Crippen LogP contribution is 2.17. The fraction of sp³-hybridized carbons (Fsp3) is 0.545. The van der Waals surface area contributed by atoms with E-state index in [-0.39, 0.29) is 6.03 Å². The number of carboxylic acid groups (broad SMARTS) is 1. The van der Waals surface area contributed by atoms with Gasteiger partial charge in [0.1, 0.15) is 6.04 Å². The van der Waals surface area contributed by atoms with Crippen molar-refractivity contribution < 1.29 is 14.7 Å². The topological polar surface area (TPSA) is 82.5 Å². The minimum Gasteiger partial charge on any atom is -0.480 e. The molecule has 0 saturated carbocycles. The molecule has 7 heteroatoms. The zero-order chi connectivity index (χ0) is 13.1. The smallest absolute Gasteiger partial charge is 0.326 e. The Morgan fingerprint density at radius 3 is 3.06 bits per heavy atom. The first-order valence-electron chi connectivity index (χ1n) is 5.76. The van der Waals surface area contributed by atoms with Crippen molar-refractivity contribution in [2.75, 3.05) is 6.54 Å². The Hall–Kier alpha value is -1.63. The van der Waals surface area contributed by atoms with Gasteiger partial charge in [-0.2, -0.15) is 0 Å². The summed E-state index contributed by atoms with van der Waals surface area (Å²) in [5.41, 5.74) is 0.803. The Morgan fingerprint density at radius 1 is 1.67 bits per heavy atom. The molecular formula is C11H15N3O3S. The van der Waals surface area contributed by atoms with Crippen LogP contribution in [0.2, 0.25) is 0 Å². The lowest BCUT2D eigenvalue weighted by Crippen LogP contribution is -2.45. The van der Waals surface area contributed by atoms with E-state index in [1.54, 1.807) is 0 Å². The number of nitrogens with one attached hydrogen (secondary N) is 1. The van der Waals surface area contributed by atoms with E-state index < -0.39 is 12.0 Å². The Morgan fingerprint density at radius 2 is 2.44 bits per heavy atom. The van der Waals surface area contributed by atoms with Crippen LogP contribution >= 0.6 is 11.3 Å². The molecule has 0 spiro atoms. The number of nitrogens with zero attached hydrogens (tertiary/aromatic N) is 2. The molecule has 0 unspecified atom stereocenters. The Balaban J connectivity index is 1.89. The maximum Gasteiger partial charge on any atom is 0.326 e. The second-order valence-corrected chi connectivity index (χ2v) is 5.27. The minimum absolute atomic E-state index is 0.328. The number of aliphatic carboxylic acids is 1. The fourth-order valence-electron chi connectivity index (χ4n) is 2.02. The van der Waals surface area contributed by atoms with Crippen LogP contribution in [0, 0.1) is 6.92 Å². The zero-order valence-corrected chi connectivity index (χ0v) is 10.9. The number of aromatic nitrogens is 1. The number of carbonyl (C=O) groups is 2. The molecule has 1 fully saturated rings. The molecule has 2 rings (SSSR count). The Bertz CT molecular complexity index is 460. The van der Waals surface area contributed by atoms with Crippen molar-refractivity contribution in [2.24, 2.45) is 0 Å². The monoisotopic (exact) mass is 269 g/mol. The third-order valence-corrected chi connectivity index (χ3v) is 3.71. The highest BCUT2D eigenvalue weighted by molar-refractivity contribution is 7.09. The van der Waals surface area contributed by atoms with Gasteiger partial charge in [0.2, 0.25) is 0 Å². The van der Waals surface area contributed by atoms with Gasteiger partial charge in [-0.25, -0.2) is 14.6 Å². The molecule has 1 aliphatic rings. The molecule has 1 aromatic rings. The van der Waals surface area contributed by atoms with Crippen molar-refractivity contribution in [1.82, 2.24) is 15.2 Å². The number of carboxylic acids is 1. The van der Waals surface area contributed by atoms with Crippen molar-refractivity contribution in [3.63, 3.8) is 0 Å². The van der Waals surface area contributed by atoms with Crippen LogP contribution in [0.1, 0.15) is 23.5 Å². The molecular weight excluding hydrogens is 254 g/mol. The van der Waals surface area contributed by atoms with E-state index in [0.717, 1.165) is 17.1 Å². The number of rotatable bonds is 3. The number of urea groups is 1. The molecule has 6 nitrogen and oxygen atoms in total. The number of amides is 2. The van der Waals surface area contributed by atoms with Gasteiger partial charge in [-0.3, -0.25) is 0 Å². The van der Waals surface area contributed by atoms with Gasteiger partial charge in [-0.1, -0.05) is 0 Å². The second kappa shape index (κ2) is 5.34. The van der Waals surface area contributed by atoms with Crippen LogP contribution < -0.4 is 5.32 Å². The Kier molecular flexibility index (Phi) is 3.81. The lowest BCUT2D eigenvalue weighted by Gasteiger charge is -2.21. The van der Waals surface area contributed by atoms with E-state index in [9.17, 15) is 9.59 Å². The third-order valence-electron chi connectivity index (χ3n) is 2.89. The third kappa shape index (κ3) is 2.79. The number of hydrogen-bond donors (Lipinski definition) is 2. The maximum atomic E-state index is 11.9.